The van der Waals surface area contributed by atoms with Gasteiger partial charge in [0.05, 0.1) is 18.0 Å². The Bertz CT molecular complexity index is 335. The number of ether oxygens (including phenoxy) is 1. The van der Waals surface area contributed by atoms with Crippen molar-refractivity contribution in [3.63, 3.8) is 0 Å². The van der Waals surface area contributed by atoms with Crippen LogP contribution in [-0.2, 0) is 4.74 Å². The number of hydrogen-bond donors (Lipinski definition) is 1. The smallest absolute Gasteiger partial charge is 0.125 e. The first-order chi connectivity index (χ1) is 7.27. The average Bonchev–Trinajstić information content (AvgIpc) is 2.46. The number of nitrogens with zero attached hydrogens (tertiary/aromatic N) is 1. The van der Waals surface area contributed by atoms with E-state index in [0.29, 0.717) is 12.3 Å². The molecule has 1 heterocycles. The summed E-state index contributed by atoms with van der Waals surface area (Å²) in [6.45, 7) is 3.22. The normalized spacial score (nSPS) is 17.5. The average molecular weight is 210 g/mol. The van der Waals surface area contributed by atoms with Crippen LogP contribution >= 0.6 is 0 Å². The predicted octanol–water partition coefficient (Wildman–Crippen LogP) is 1.63. The van der Waals surface area contributed by atoms with E-state index in [0.717, 1.165) is 31.8 Å². The van der Waals surface area contributed by atoms with Gasteiger partial charge in [0, 0.05) is 19.7 Å². The number of benzene rings is 1. The third-order valence-electron chi connectivity index (χ3n) is 2.55. The second-order valence-electron chi connectivity index (χ2n) is 3.66. The largest absolute Gasteiger partial charge is 0.397 e. The molecule has 1 fully saturated rings. The van der Waals surface area contributed by atoms with Crippen molar-refractivity contribution in [2.45, 2.75) is 6.42 Å². The molecule has 1 saturated heterocycles. The topological polar surface area (TPSA) is 38.5 Å². The summed E-state index contributed by atoms with van der Waals surface area (Å²) in [6.07, 6.45) is 0.983. The molecule has 1 aromatic rings. The molecule has 15 heavy (non-hydrogen) atoms. The van der Waals surface area contributed by atoms with Crippen molar-refractivity contribution in [2.75, 3.05) is 36.9 Å². The maximum atomic E-state index is 12.9. The van der Waals surface area contributed by atoms with E-state index in [2.05, 4.69) is 4.90 Å². The maximum absolute atomic E-state index is 12.9. The summed E-state index contributed by atoms with van der Waals surface area (Å²) in [4.78, 5) is 2.14. The third kappa shape index (κ3) is 2.39. The summed E-state index contributed by atoms with van der Waals surface area (Å²) in [7, 11) is 0. The van der Waals surface area contributed by atoms with Crippen LogP contribution in [0.3, 0.4) is 0 Å². The van der Waals surface area contributed by atoms with Crippen LogP contribution in [-0.4, -0.2) is 26.3 Å². The lowest BCUT2D eigenvalue weighted by molar-refractivity contribution is 0.152. The van der Waals surface area contributed by atoms with E-state index in [4.69, 9.17) is 10.5 Å². The Morgan fingerprint density at radius 2 is 2.13 bits per heavy atom. The van der Waals surface area contributed by atoms with Gasteiger partial charge in [-0.3, -0.25) is 0 Å². The van der Waals surface area contributed by atoms with Gasteiger partial charge in [-0.2, -0.15) is 0 Å². The molecule has 3 nitrogen and oxygen atoms in total. The Kier molecular flexibility index (Phi) is 3.06. The summed E-state index contributed by atoms with van der Waals surface area (Å²) < 4.78 is 18.2. The Morgan fingerprint density at radius 3 is 2.93 bits per heavy atom. The van der Waals surface area contributed by atoms with Gasteiger partial charge in [0.1, 0.15) is 5.82 Å². The van der Waals surface area contributed by atoms with E-state index in [9.17, 15) is 4.39 Å². The minimum atomic E-state index is -0.290. The zero-order valence-corrected chi connectivity index (χ0v) is 8.58. The summed E-state index contributed by atoms with van der Waals surface area (Å²) in [5.74, 6) is -0.290. The van der Waals surface area contributed by atoms with Crippen LogP contribution in [0.1, 0.15) is 6.42 Å². The third-order valence-corrected chi connectivity index (χ3v) is 2.55. The fraction of sp³-hybridized carbons (Fsp3) is 0.455. The van der Waals surface area contributed by atoms with E-state index in [-0.39, 0.29) is 5.82 Å². The van der Waals surface area contributed by atoms with Crippen LogP contribution in [0.2, 0.25) is 0 Å². The Labute approximate surface area is 88.6 Å². The highest BCUT2D eigenvalue weighted by Crippen LogP contribution is 2.24. The zero-order valence-electron chi connectivity index (χ0n) is 8.58. The number of nitrogen functional groups attached to an aromatic ring is 1. The summed E-state index contributed by atoms with van der Waals surface area (Å²) in [6, 6.07) is 4.54. The van der Waals surface area contributed by atoms with Crippen LogP contribution in [0.15, 0.2) is 18.2 Å². The highest BCUT2D eigenvalue weighted by atomic mass is 19.1. The van der Waals surface area contributed by atoms with Crippen LogP contribution < -0.4 is 10.6 Å². The van der Waals surface area contributed by atoms with Gasteiger partial charge in [-0.05, 0) is 24.6 Å². The van der Waals surface area contributed by atoms with Gasteiger partial charge in [-0.25, -0.2) is 4.39 Å². The fourth-order valence-electron chi connectivity index (χ4n) is 1.80. The van der Waals surface area contributed by atoms with Gasteiger partial charge in [-0.1, -0.05) is 0 Å². The van der Waals surface area contributed by atoms with Crippen molar-refractivity contribution in [1.82, 2.24) is 0 Å². The molecule has 0 atom stereocenters. The molecular weight excluding hydrogens is 195 g/mol. The van der Waals surface area contributed by atoms with E-state index in [1.807, 2.05) is 0 Å². The Morgan fingerprint density at radius 1 is 1.27 bits per heavy atom. The van der Waals surface area contributed by atoms with Crippen molar-refractivity contribution in [1.29, 1.82) is 0 Å². The predicted molar refractivity (Wildman–Crippen MR) is 58.5 cm³/mol. The first kappa shape index (κ1) is 10.2. The molecule has 0 saturated carbocycles. The van der Waals surface area contributed by atoms with Crippen molar-refractivity contribution < 1.29 is 9.13 Å². The second-order valence-corrected chi connectivity index (χ2v) is 3.66. The molecule has 0 unspecified atom stereocenters. The molecule has 0 aliphatic carbocycles. The number of halogens is 1. The van der Waals surface area contributed by atoms with E-state index in [1.54, 1.807) is 6.07 Å². The molecule has 0 amide bonds. The van der Waals surface area contributed by atoms with Gasteiger partial charge in [0.2, 0.25) is 0 Å². The Hall–Kier alpha value is -1.29. The summed E-state index contributed by atoms with van der Waals surface area (Å²) in [5, 5.41) is 0. The minimum absolute atomic E-state index is 0.290. The maximum Gasteiger partial charge on any atom is 0.125 e. The molecule has 0 radical (unpaired) electrons. The molecule has 0 aromatic heterocycles. The lowest BCUT2D eigenvalue weighted by atomic mass is 10.2. The van der Waals surface area contributed by atoms with Crippen LogP contribution in [0, 0.1) is 5.82 Å². The number of rotatable bonds is 1. The number of anilines is 2. The molecule has 1 aliphatic rings. The number of nitrogens with two attached hydrogens (primary N) is 1. The molecule has 4 heteroatoms. The molecule has 82 valence electrons. The van der Waals surface area contributed by atoms with Gasteiger partial charge in [0.25, 0.3) is 0 Å². The molecule has 0 spiro atoms. The van der Waals surface area contributed by atoms with E-state index < -0.39 is 0 Å². The van der Waals surface area contributed by atoms with Gasteiger partial charge >= 0.3 is 0 Å². The standard InChI is InChI=1S/C11H15FN2O/c12-9-2-3-11(10(13)8-9)14-4-1-6-15-7-5-14/h2-3,8H,1,4-7,13H2. The monoisotopic (exact) mass is 210 g/mol. The van der Waals surface area contributed by atoms with Crippen molar-refractivity contribution in [2.24, 2.45) is 0 Å². The minimum Gasteiger partial charge on any atom is -0.397 e. The van der Waals surface area contributed by atoms with E-state index in [1.165, 1.54) is 12.1 Å². The van der Waals surface area contributed by atoms with E-state index >= 15 is 0 Å². The van der Waals surface area contributed by atoms with Crippen LogP contribution in [0.4, 0.5) is 15.8 Å². The Balaban J connectivity index is 2.19. The van der Waals surface area contributed by atoms with Crippen molar-refractivity contribution in [3.8, 4) is 0 Å². The lowest BCUT2D eigenvalue weighted by Gasteiger charge is -2.23. The van der Waals surface area contributed by atoms with Gasteiger partial charge in [0.15, 0.2) is 0 Å². The highest BCUT2D eigenvalue weighted by molar-refractivity contribution is 5.67. The first-order valence-corrected chi connectivity index (χ1v) is 5.15. The SMILES string of the molecule is Nc1cc(F)ccc1N1CCCOCC1. The molecular formula is C11H15FN2O. The quantitative estimate of drug-likeness (QED) is 0.716. The van der Waals surface area contributed by atoms with Crippen molar-refractivity contribution in [3.05, 3.63) is 24.0 Å². The molecule has 1 aromatic carbocycles. The number of hydrogen-bond acceptors (Lipinski definition) is 3. The molecule has 2 rings (SSSR count). The fourth-order valence-corrected chi connectivity index (χ4v) is 1.80. The molecule has 1 aliphatic heterocycles. The summed E-state index contributed by atoms with van der Waals surface area (Å²) in [5.41, 5.74) is 7.18. The van der Waals surface area contributed by atoms with Gasteiger partial charge in [-0.15, -0.1) is 0 Å². The van der Waals surface area contributed by atoms with Gasteiger partial charge < -0.3 is 15.4 Å². The highest BCUT2D eigenvalue weighted by Gasteiger charge is 2.12. The zero-order chi connectivity index (χ0) is 10.7. The van der Waals surface area contributed by atoms with Crippen LogP contribution in [0.25, 0.3) is 0 Å². The van der Waals surface area contributed by atoms with Crippen LogP contribution in [0.5, 0.6) is 0 Å². The first-order valence-electron chi connectivity index (χ1n) is 5.15. The second kappa shape index (κ2) is 4.49. The summed E-state index contributed by atoms with van der Waals surface area (Å²) >= 11 is 0. The molecule has 0 bridgehead atoms. The molecule has 2 N–H and O–H groups in total. The van der Waals surface area contributed by atoms with Crippen molar-refractivity contribution >= 4 is 11.4 Å². The lowest BCUT2D eigenvalue weighted by Crippen LogP contribution is -2.26.